The summed E-state index contributed by atoms with van der Waals surface area (Å²) in [5.74, 6) is -0.620. The Balaban J connectivity index is 2.03. The largest absolute Gasteiger partial charge is 0.504 e. The molecule has 0 saturated heterocycles. The zero-order valence-electron chi connectivity index (χ0n) is 13.6. The Kier molecular flexibility index (Phi) is 4.30. The summed E-state index contributed by atoms with van der Waals surface area (Å²) < 4.78 is 5.28. The fraction of sp³-hybridized carbons (Fsp3) is 0.167. The van der Waals surface area contributed by atoms with Crippen LogP contribution in [0.3, 0.4) is 0 Å². The van der Waals surface area contributed by atoms with Crippen molar-refractivity contribution in [3.05, 3.63) is 51.4 Å². The number of fused-ring (bicyclic) bond motifs is 1. The molecule has 0 spiro atoms. The smallest absolute Gasteiger partial charge is 0.261 e. The highest BCUT2D eigenvalue weighted by atomic mass is 32.1. The Labute approximate surface area is 147 Å². The van der Waals surface area contributed by atoms with Crippen LogP contribution >= 0.6 is 11.3 Å². The number of benzene rings is 1. The molecule has 2 aromatic heterocycles. The van der Waals surface area contributed by atoms with Crippen LogP contribution in [0.25, 0.3) is 11.0 Å². The predicted molar refractivity (Wildman–Crippen MR) is 94.8 cm³/mol. The summed E-state index contributed by atoms with van der Waals surface area (Å²) in [6.07, 6.45) is 0.704. The first-order valence-electron chi connectivity index (χ1n) is 7.60. The Hall–Kier alpha value is -3.11. The molecule has 1 aromatic carbocycles. The summed E-state index contributed by atoms with van der Waals surface area (Å²) in [6.45, 7) is 3.86. The fourth-order valence-corrected chi connectivity index (χ4v) is 3.79. The number of nitriles is 1. The number of nitrogens with one attached hydrogen (secondary N) is 2. The highest BCUT2D eigenvalue weighted by Gasteiger charge is 2.19. The fourth-order valence-electron chi connectivity index (χ4n) is 2.70. The minimum absolute atomic E-state index is 0.0334. The van der Waals surface area contributed by atoms with E-state index in [1.54, 1.807) is 12.1 Å². The van der Waals surface area contributed by atoms with Crippen molar-refractivity contribution in [1.82, 2.24) is 0 Å². The number of hydrogen-bond acceptors (Lipinski definition) is 6. The zero-order valence-corrected chi connectivity index (χ0v) is 14.5. The van der Waals surface area contributed by atoms with Gasteiger partial charge in [0.2, 0.25) is 5.55 Å². The van der Waals surface area contributed by atoms with Crippen molar-refractivity contribution in [3.8, 4) is 11.8 Å². The highest BCUT2D eigenvalue weighted by molar-refractivity contribution is 7.16. The minimum Gasteiger partial charge on any atom is -0.504 e. The molecule has 3 rings (SSSR count). The van der Waals surface area contributed by atoms with Crippen molar-refractivity contribution < 1.29 is 14.3 Å². The molecule has 3 N–H and O–H groups in total. The molecule has 126 valence electrons. The number of phenols is 1. The van der Waals surface area contributed by atoms with E-state index in [1.807, 2.05) is 13.8 Å². The van der Waals surface area contributed by atoms with E-state index in [2.05, 4.69) is 11.4 Å². The van der Waals surface area contributed by atoms with Gasteiger partial charge in [-0.05, 0) is 31.0 Å². The summed E-state index contributed by atoms with van der Waals surface area (Å²) in [7, 11) is 0. The van der Waals surface area contributed by atoms with Crippen LogP contribution in [-0.2, 0) is 6.42 Å². The van der Waals surface area contributed by atoms with E-state index in [0.717, 1.165) is 10.4 Å². The first kappa shape index (κ1) is 16.7. The normalized spacial score (nSPS) is 10.6. The molecule has 0 bridgehead atoms. The van der Waals surface area contributed by atoms with Crippen LogP contribution in [0.4, 0.5) is 5.00 Å². The summed E-state index contributed by atoms with van der Waals surface area (Å²) >= 11 is 1.34. The lowest BCUT2D eigenvalue weighted by Gasteiger charge is -2.06. The van der Waals surface area contributed by atoms with Gasteiger partial charge in [0, 0.05) is 10.3 Å². The van der Waals surface area contributed by atoms with Gasteiger partial charge in [-0.3, -0.25) is 10.2 Å². The van der Waals surface area contributed by atoms with E-state index in [9.17, 15) is 15.2 Å². The van der Waals surface area contributed by atoms with E-state index in [0.29, 0.717) is 22.4 Å². The quantitative estimate of drug-likeness (QED) is 0.667. The maximum absolute atomic E-state index is 12.6. The van der Waals surface area contributed by atoms with Crippen molar-refractivity contribution in [2.24, 2.45) is 0 Å². The van der Waals surface area contributed by atoms with E-state index >= 15 is 0 Å². The summed E-state index contributed by atoms with van der Waals surface area (Å²) in [5, 5.41) is 30.8. The molecule has 3 aromatic rings. The van der Waals surface area contributed by atoms with E-state index in [4.69, 9.17) is 9.83 Å². The first-order valence-corrected chi connectivity index (χ1v) is 8.42. The molecular formula is C18H15N3O3S. The number of aryl methyl sites for hydroxylation is 1. The Morgan fingerprint density at radius 1 is 1.48 bits per heavy atom. The SMILES string of the molecule is CCc1c(C)sc(NC(=O)c2cc3cccc(O)c3oc2=N)c1C#N. The number of aromatic hydroxyl groups is 1. The second kappa shape index (κ2) is 6.42. The van der Waals surface area contributed by atoms with Crippen LogP contribution in [0.2, 0.25) is 0 Å². The highest BCUT2D eigenvalue weighted by Crippen LogP contribution is 2.33. The van der Waals surface area contributed by atoms with Gasteiger partial charge in [-0.1, -0.05) is 19.1 Å². The number of nitrogens with zero attached hydrogens (tertiary/aromatic N) is 1. The summed E-state index contributed by atoms with van der Waals surface area (Å²) in [6, 6.07) is 8.38. The number of amides is 1. The molecule has 7 heteroatoms. The first-order chi connectivity index (χ1) is 12.0. The average Bonchev–Trinajstić information content (AvgIpc) is 2.89. The second-order valence-corrected chi connectivity index (χ2v) is 6.67. The maximum atomic E-state index is 12.6. The molecule has 25 heavy (non-hydrogen) atoms. The third-order valence-corrected chi connectivity index (χ3v) is 4.98. The lowest BCUT2D eigenvalue weighted by atomic mass is 10.1. The van der Waals surface area contributed by atoms with Gasteiger partial charge in [-0.25, -0.2) is 0 Å². The van der Waals surface area contributed by atoms with Crippen molar-refractivity contribution >= 4 is 33.2 Å². The molecule has 0 aliphatic heterocycles. The third-order valence-electron chi connectivity index (χ3n) is 3.92. The van der Waals surface area contributed by atoms with Gasteiger partial charge < -0.3 is 14.8 Å². The second-order valence-electron chi connectivity index (χ2n) is 5.45. The molecule has 0 radical (unpaired) electrons. The minimum atomic E-state index is -0.528. The Morgan fingerprint density at radius 2 is 2.24 bits per heavy atom. The van der Waals surface area contributed by atoms with Crippen molar-refractivity contribution in [1.29, 1.82) is 10.7 Å². The van der Waals surface area contributed by atoms with Crippen LogP contribution in [0.1, 0.15) is 33.3 Å². The summed E-state index contributed by atoms with van der Waals surface area (Å²) in [5.41, 5.74) is 1.21. The molecule has 1 amide bonds. The number of anilines is 1. The number of phenolic OH excluding ortho intramolecular Hbond substituents is 1. The molecule has 0 aliphatic carbocycles. The number of carbonyl (C=O) groups excluding carboxylic acids is 1. The zero-order chi connectivity index (χ0) is 18.1. The molecule has 0 fully saturated rings. The van der Waals surface area contributed by atoms with Gasteiger partial charge in [0.25, 0.3) is 5.91 Å². The van der Waals surface area contributed by atoms with Gasteiger partial charge in [-0.15, -0.1) is 11.3 Å². The standard InChI is InChI=1S/C18H15N3O3S/c1-3-11-9(2)25-18(13(11)8-19)21-17(23)12-7-10-5-4-6-14(22)15(10)24-16(12)20/h4-7,20,22H,3H2,1-2H3,(H,21,23). The maximum Gasteiger partial charge on any atom is 0.261 e. The Bertz CT molecular complexity index is 1090. The van der Waals surface area contributed by atoms with Crippen LogP contribution in [0, 0.1) is 23.7 Å². The molecule has 0 atom stereocenters. The predicted octanol–water partition coefficient (Wildman–Crippen LogP) is 3.67. The molecule has 0 aliphatic rings. The topological polar surface area (TPSA) is 110 Å². The van der Waals surface area contributed by atoms with Crippen LogP contribution in [0.15, 0.2) is 28.7 Å². The Morgan fingerprint density at radius 3 is 2.92 bits per heavy atom. The van der Waals surface area contributed by atoms with E-state index < -0.39 is 5.91 Å². The van der Waals surface area contributed by atoms with Crippen molar-refractivity contribution in [3.63, 3.8) is 0 Å². The molecule has 0 unspecified atom stereocenters. The summed E-state index contributed by atoms with van der Waals surface area (Å²) in [4.78, 5) is 13.6. The van der Waals surface area contributed by atoms with Gasteiger partial charge in [0.15, 0.2) is 11.3 Å². The lowest BCUT2D eigenvalue weighted by molar-refractivity contribution is 0.102. The van der Waals surface area contributed by atoms with Gasteiger partial charge in [0.1, 0.15) is 16.6 Å². The number of para-hydroxylation sites is 1. The number of rotatable bonds is 3. The van der Waals surface area contributed by atoms with Crippen LogP contribution < -0.4 is 10.9 Å². The third kappa shape index (κ3) is 2.88. The molecule has 0 saturated carbocycles. The molecule has 6 nitrogen and oxygen atoms in total. The number of hydrogen-bond donors (Lipinski definition) is 3. The van der Waals surface area contributed by atoms with Gasteiger partial charge in [0.05, 0.1) is 5.56 Å². The van der Waals surface area contributed by atoms with Crippen LogP contribution in [0.5, 0.6) is 5.75 Å². The van der Waals surface area contributed by atoms with E-state index in [-0.39, 0.29) is 22.5 Å². The average molecular weight is 353 g/mol. The van der Waals surface area contributed by atoms with Gasteiger partial charge in [-0.2, -0.15) is 5.26 Å². The van der Waals surface area contributed by atoms with Gasteiger partial charge >= 0.3 is 0 Å². The number of carbonyl (C=O) groups is 1. The van der Waals surface area contributed by atoms with E-state index in [1.165, 1.54) is 23.5 Å². The molecule has 2 heterocycles. The van der Waals surface area contributed by atoms with Crippen LogP contribution in [-0.4, -0.2) is 11.0 Å². The molecular weight excluding hydrogens is 338 g/mol. The van der Waals surface area contributed by atoms with Crippen molar-refractivity contribution in [2.45, 2.75) is 20.3 Å². The number of thiophene rings is 1. The van der Waals surface area contributed by atoms with Crippen molar-refractivity contribution in [2.75, 3.05) is 5.32 Å². The monoisotopic (exact) mass is 353 g/mol. The lowest BCUT2D eigenvalue weighted by Crippen LogP contribution is -2.20.